The van der Waals surface area contributed by atoms with Gasteiger partial charge in [0.1, 0.15) is 0 Å². The summed E-state index contributed by atoms with van der Waals surface area (Å²) in [6.45, 7) is 1.19. The van der Waals surface area contributed by atoms with Crippen LogP contribution in [0.15, 0.2) is 12.3 Å². The van der Waals surface area contributed by atoms with E-state index >= 15 is 0 Å². The SMILES string of the molecule is O=S1(=O)CCCC1CNCc1ccn[nH]1. The van der Waals surface area contributed by atoms with E-state index in [9.17, 15) is 8.42 Å². The number of hydrogen-bond acceptors (Lipinski definition) is 4. The number of nitrogens with one attached hydrogen (secondary N) is 2. The van der Waals surface area contributed by atoms with Gasteiger partial charge < -0.3 is 5.32 Å². The molecular weight excluding hydrogens is 214 g/mol. The lowest BCUT2D eigenvalue weighted by atomic mass is 10.2. The molecule has 0 aromatic carbocycles. The maximum atomic E-state index is 11.5. The number of aromatic nitrogens is 2. The second-order valence-corrected chi connectivity index (χ2v) is 6.24. The molecule has 1 saturated heterocycles. The zero-order valence-corrected chi connectivity index (χ0v) is 9.26. The highest BCUT2D eigenvalue weighted by molar-refractivity contribution is 7.92. The maximum Gasteiger partial charge on any atom is 0.154 e. The van der Waals surface area contributed by atoms with Crippen molar-refractivity contribution < 1.29 is 8.42 Å². The lowest BCUT2D eigenvalue weighted by molar-refractivity contribution is 0.572. The summed E-state index contributed by atoms with van der Waals surface area (Å²) in [5.41, 5.74) is 0.977. The van der Waals surface area contributed by atoms with Gasteiger partial charge in [-0.15, -0.1) is 0 Å². The fourth-order valence-electron chi connectivity index (χ4n) is 1.84. The summed E-state index contributed by atoms with van der Waals surface area (Å²) in [4.78, 5) is 0. The fourth-order valence-corrected chi connectivity index (χ4v) is 3.64. The van der Waals surface area contributed by atoms with Crippen molar-refractivity contribution >= 4 is 9.84 Å². The molecule has 0 aliphatic carbocycles. The van der Waals surface area contributed by atoms with Gasteiger partial charge in [-0.25, -0.2) is 8.42 Å². The van der Waals surface area contributed by atoms with Gasteiger partial charge in [0.05, 0.1) is 11.0 Å². The molecule has 15 heavy (non-hydrogen) atoms. The summed E-state index contributed by atoms with van der Waals surface area (Å²) in [6.07, 6.45) is 3.28. The van der Waals surface area contributed by atoms with E-state index in [4.69, 9.17) is 0 Å². The van der Waals surface area contributed by atoms with Crippen molar-refractivity contribution in [2.75, 3.05) is 12.3 Å². The summed E-state index contributed by atoms with van der Waals surface area (Å²) in [5.74, 6) is 0.351. The Bertz CT molecular complexity index is 399. The molecule has 0 radical (unpaired) electrons. The lowest BCUT2D eigenvalue weighted by Crippen LogP contribution is -2.30. The molecule has 5 nitrogen and oxygen atoms in total. The molecule has 84 valence electrons. The highest BCUT2D eigenvalue weighted by Crippen LogP contribution is 2.18. The highest BCUT2D eigenvalue weighted by atomic mass is 32.2. The van der Waals surface area contributed by atoms with Crippen molar-refractivity contribution in [3.05, 3.63) is 18.0 Å². The number of aromatic amines is 1. The van der Waals surface area contributed by atoms with Crippen LogP contribution < -0.4 is 5.32 Å². The summed E-state index contributed by atoms with van der Waals surface area (Å²) < 4.78 is 23.0. The number of rotatable bonds is 4. The Morgan fingerprint density at radius 1 is 1.60 bits per heavy atom. The molecule has 2 heterocycles. The normalized spacial score (nSPS) is 24.4. The van der Waals surface area contributed by atoms with Crippen molar-refractivity contribution in [2.45, 2.75) is 24.6 Å². The van der Waals surface area contributed by atoms with Crippen molar-refractivity contribution in [1.82, 2.24) is 15.5 Å². The summed E-state index contributed by atoms with van der Waals surface area (Å²) in [6, 6.07) is 1.87. The predicted octanol–water partition coefficient (Wildman–Crippen LogP) is 0.0765. The van der Waals surface area contributed by atoms with Crippen LogP contribution in [0.5, 0.6) is 0 Å². The van der Waals surface area contributed by atoms with Crippen LogP contribution >= 0.6 is 0 Å². The van der Waals surface area contributed by atoms with Crippen LogP contribution in [-0.2, 0) is 16.4 Å². The molecule has 6 heteroatoms. The second kappa shape index (κ2) is 4.32. The van der Waals surface area contributed by atoms with Crippen LogP contribution in [0.25, 0.3) is 0 Å². The van der Waals surface area contributed by atoms with Crippen molar-refractivity contribution in [3.63, 3.8) is 0 Å². The molecule has 1 aromatic heterocycles. The maximum absolute atomic E-state index is 11.5. The van der Waals surface area contributed by atoms with Gasteiger partial charge in [0, 0.05) is 25.0 Å². The van der Waals surface area contributed by atoms with Crippen LogP contribution in [0.1, 0.15) is 18.5 Å². The number of H-pyrrole nitrogens is 1. The zero-order valence-electron chi connectivity index (χ0n) is 8.44. The Morgan fingerprint density at radius 2 is 2.47 bits per heavy atom. The average molecular weight is 229 g/mol. The van der Waals surface area contributed by atoms with E-state index < -0.39 is 9.84 Å². The lowest BCUT2D eigenvalue weighted by Gasteiger charge is -2.09. The van der Waals surface area contributed by atoms with E-state index in [-0.39, 0.29) is 5.25 Å². The van der Waals surface area contributed by atoms with E-state index in [0.717, 1.165) is 18.5 Å². The fraction of sp³-hybridized carbons (Fsp3) is 0.667. The first kappa shape index (κ1) is 10.6. The van der Waals surface area contributed by atoms with Gasteiger partial charge in [0.25, 0.3) is 0 Å². The molecule has 1 aliphatic rings. The van der Waals surface area contributed by atoms with E-state index in [1.165, 1.54) is 0 Å². The largest absolute Gasteiger partial charge is 0.310 e. The first-order valence-electron chi connectivity index (χ1n) is 5.09. The van der Waals surface area contributed by atoms with Gasteiger partial charge in [-0.1, -0.05) is 0 Å². The summed E-state index contributed by atoms with van der Waals surface area (Å²) in [5, 5.41) is 9.58. The smallest absolute Gasteiger partial charge is 0.154 e. The van der Waals surface area contributed by atoms with Crippen molar-refractivity contribution in [3.8, 4) is 0 Å². The third-order valence-electron chi connectivity index (χ3n) is 2.71. The molecule has 0 saturated carbocycles. The second-order valence-electron chi connectivity index (χ2n) is 3.84. The number of sulfone groups is 1. The van der Waals surface area contributed by atoms with E-state index in [1.807, 2.05) is 6.07 Å². The van der Waals surface area contributed by atoms with Gasteiger partial charge in [0.2, 0.25) is 0 Å². The topological polar surface area (TPSA) is 74.8 Å². The average Bonchev–Trinajstić information content (AvgIpc) is 2.77. The van der Waals surface area contributed by atoms with E-state index in [0.29, 0.717) is 18.8 Å². The quantitative estimate of drug-likeness (QED) is 0.766. The molecule has 1 aliphatic heterocycles. The Morgan fingerprint density at radius 3 is 3.07 bits per heavy atom. The van der Waals surface area contributed by atoms with Crippen molar-refractivity contribution in [1.29, 1.82) is 0 Å². The van der Waals surface area contributed by atoms with E-state index in [1.54, 1.807) is 6.20 Å². The van der Waals surface area contributed by atoms with Gasteiger partial charge in [-0.3, -0.25) is 5.10 Å². The van der Waals surface area contributed by atoms with Crippen LogP contribution in [0, 0.1) is 0 Å². The highest BCUT2D eigenvalue weighted by Gasteiger charge is 2.30. The monoisotopic (exact) mass is 229 g/mol. The Balaban J connectivity index is 1.79. The first-order valence-corrected chi connectivity index (χ1v) is 6.80. The van der Waals surface area contributed by atoms with Gasteiger partial charge in [-0.2, -0.15) is 5.10 Å². The number of hydrogen-bond donors (Lipinski definition) is 2. The number of nitrogens with zero attached hydrogens (tertiary/aromatic N) is 1. The zero-order chi connectivity index (χ0) is 10.7. The minimum absolute atomic E-state index is 0.194. The van der Waals surface area contributed by atoms with Crippen molar-refractivity contribution in [2.24, 2.45) is 0 Å². The van der Waals surface area contributed by atoms with Crippen LogP contribution in [0.4, 0.5) is 0 Å². The van der Waals surface area contributed by atoms with Crippen LogP contribution in [0.2, 0.25) is 0 Å². The minimum atomic E-state index is -2.82. The molecule has 2 N–H and O–H groups in total. The third-order valence-corrected chi connectivity index (χ3v) is 4.98. The standard InChI is InChI=1S/C9H15N3O2S/c13-15(14)5-1-2-9(15)7-10-6-8-3-4-11-12-8/h3-4,9-10H,1-2,5-7H2,(H,11,12). The van der Waals surface area contributed by atoms with E-state index in [2.05, 4.69) is 15.5 Å². The van der Waals surface area contributed by atoms with Crippen LogP contribution in [-0.4, -0.2) is 36.2 Å². The molecule has 1 atom stereocenters. The molecule has 0 amide bonds. The molecule has 1 unspecified atom stereocenters. The molecule has 2 rings (SSSR count). The summed E-state index contributed by atoms with van der Waals surface area (Å²) in [7, 11) is -2.82. The molecular formula is C9H15N3O2S. The van der Waals surface area contributed by atoms with Gasteiger partial charge in [-0.05, 0) is 18.9 Å². The predicted molar refractivity (Wildman–Crippen MR) is 57.1 cm³/mol. The van der Waals surface area contributed by atoms with Gasteiger partial charge in [0.15, 0.2) is 9.84 Å². The molecule has 0 spiro atoms. The van der Waals surface area contributed by atoms with Crippen LogP contribution in [0.3, 0.4) is 0 Å². The third kappa shape index (κ3) is 2.57. The Kier molecular flexibility index (Phi) is 3.06. The molecule has 1 fully saturated rings. The van der Waals surface area contributed by atoms with Gasteiger partial charge >= 0.3 is 0 Å². The Hall–Kier alpha value is -0.880. The Labute approximate surface area is 89.2 Å². The first-order chi connectivity index (χ1) is 7.18. The summed E-state index contributed by atoms with van der Waals surface area (Å²) >= 11 is 0. The minimum Gasteiger partial charge on any atom is -0.310 e. The molecule has 1 aromatic rings. The molecule has 0 bridgehead atoms.